The fourth-order valence-corrected chi connectivity index (χ4v) is 5.34. The Morgan fingerprint density at radius 3 is 2.76 bits per heavy atom. The summed E-state index contributed by atoms with van der Waals surface area (Å²) in [4.78, 5) is 5.96. The zero-order chi connectivity index (χ0) is 23.7. The summed E-state index contributed by atoms with van der Waals surface area (Å²) >= 11 is 5.32. The maximum atomic E-state index is 13.3. The van der Waals surface area contributed by atoms with Crippen LogP contribution in [0.15, 0.2) is 54.7 Å². The first-order valence-electron chi connectivity index (χ1n) is 11.7. The molecule has 0 aliphatic carbocycles. The number of para-hydroxylation sites is 1. The van der Waals surface area contributed by atoms with Crippen LogP contribution in [0, 0.1) is 0 Å². The van der Waals surface area contributed by atoms with Crippen molar-refractivity contribution in [2.45, 2.75) is 44.3 Å². The van der Waals surface area contributed by atoms with Crippen molar-refractivity contribution in [3.05, 3.63) is 65.9 Å². The molecule has 1 aromatic heterocycles. The van der Waals surface area contributed by atoms with Gasteiger partial charge < -0.3 is 15.6 Å². The zero-order valence-electron chi connectivity index (χ0n) is 18.7. The van der Waals surface area contributed by atoms with Gasteiger partial charge >= 0.3 is 6.18 Å². The number of fused-ring (bicyclic) bond motifs is 2. The van der Waals surface area contributed by atoms with E-state index in [1.807, 2.05) is 18.2 Å². The van der Waals surface area contributed by atoms with Crippen molar-refractivity contribution in [2.75, 3.05) is 23.7 Å². The second-order valence-corrected chi connectivity index (χ2v) is 9.41. The SMILES string of the molecule is FC(F)(F)c1ccccc1NC(=S)Nc1ccc2[nH]cc(C3=CCN4CCCCC4CC3)c2c1. The minimum atomic E-state index is -4.46. The highest BCUT2D eigenvalue weighted by atomic mass is 32.1. The number of benzene rings is 2. The fourth-order valence-electron chi connectivity index (χ4n) is 5.11. The van der Waals surface area contributed by atoms with Crippen LogP contribution in [0.25, 0.3) is 16.5 Å². The summed E-state index contributed by atoms with van der Waals surface area (Å²) in [5.41, 5.74) is 3.44. The van der Waals surface area contributed by atoms with Crippen molar-refractivity contribution in [3.8, 4) is 0 Å². The third-order valence-corrected chi connectivity index (χ3v) is 7.04. The first-order valence-corrected chi connectivity index (χ1v) is 12.1. The van der Waals surface area contributed by atoms with Gasteiger partial charge in [0.25, 0.3) is 0 Å². The molecule has 2 aromatic carbocycles. The van der Waals surface area contributed by atoms with Gasteiger partial charge in [-0.15, -0.1) is 0 Å². The number of nitrogens with zero attached hydrogens (tertiary/aromatic N) is 1. The number of aromatic amines is 1. The van der Waals surface area contributed by atoms with E-state index in [9.17, 15) is 13.2 Å². The van der Waals surface area contributed by atoms with Gasteiger partial charge in [0.1, 0.15) is 0 Å². The van der Waals surface area contributed by atoms with Crippen LogP contribution in [-0.4, -0.2) is 34.1 Å². The smallest absolute Gasteiger partial charge is 0.361 e. The van der Waals surface area contributed by atoms with E-state index in [4.69, 9.17) is 12.2 Å². The molecule has 0 saturated carbocycles. The molecule has 2 aliphatic heterocycles. The monoisotopic (exact) mass is 484 g/mol. The highest BCUT2D eigenvalue weighted by Gasteiger charge is 2.33. The number of aromatic nitrogens is 1. The molecule has 8 heteroatoms. The molecular formula is C26H27F3N4S. The first-order chi connectivity index (χ1) is 16.4. The quantitative estimate of drug-likeness (QED) is 0.349. The van der Waals surface area contributed by atoms with Gasteiger partial charge in [-0.3, -0.25) is 4.90 Å². The molecule has 34 heavy (non-hydrogen) atoms. The van der Waals surface area contributed by atoms with Crippen LogP contribution >= 0.6 is 12.2 Å². The Hall–Kier alpha value is -2.84. The number of alkyl halides is 3. The van der Waals surface area contributed by atoms with E-state index in [1.54, 1.807) is 6.07 Å². The molecule has 4 nitrogen and oxygen atoms in total. The maximum Gasteiger partial charge on any atom is 0.418 e. The lowest BCUT2D eigenvalue weighted by Crippen LogP contribution is -2.38. The molecule has 5 rings (SSSR count). The van der Waals surface area contributed by atoms with Gasteiger partial charge in [-0.2, -0.15) is 13.2 Å². The topological polar surface area (TPSA) is 43.1 Å². The summed E-state index contributed by atoms with van der Waals surface area (Å²) in [6, 6.07) is 11.8. The molecule has 1 atom stereocenters. The minimum Gasteiger partial charge on any atom is -0.361 e. The normalized spacial score (nSPS) is 19.3. The van der Waals surface area contributed by atoms with Gasteiger partial charge in [0.2, 0.25) is 0 Å². The standard InChI is InChI=1S/C26H27F3N4S/c27-26(28,29)22-6-1-2-7-24(22)32-25(34)31-18-9-11-23-20(15-18)21(16-30-23)17-8-10-19-5-3-4-13-33(19)14-12-17/h1-2,6-7,9,11-12,15-16,19,30H,3-5,8,10,13-14H2,(H2,31,32,34). The lowest BCUT2D eigenvalue weighted by atomic mass is 9.95. The number of piperidine rings is 1. The molecule has 3 heterocycles. The Bertz CT molecular complexity index is 1230. The lowest BCUT2D eigenvalue weighted by Gasteiger charge is -2.33. The number of thiocarbonyl (C=S) groups is 1. The molecule has 178 valence electrons. The third-order valence-electron chi connectivity index (χ3n) is 6.83. The average Bonchev–Trinajstić information content (AvgIpc) is 3.10. The number of allylic oxidation sites excluding steroid dienone is 1. The molecule has 0 amide bonds. The molecule has 1 unspecified atom stereocenters. The van der Waals surface area contributed by atoms with E-state index in [-0.39, 0.29) is 10.8 Å². The number of anilines is 2. The maximum absolute atomic E-state index is 13.3. The van der Waals surface area contributed by atoms with Crippen LogP contribution in [0.4, 0.5) is 24.5 Å². The van der Waals surface area contributed by atoms with E-state index < -0.39 is 11.7 Å². The predicted octanol–water partition coefficient (Wildman–Crippen LogP) is 7.03. The largest absolute Gasteiger partial charge is 0.418 e. The Kier molecular flexibility index (Phi) is 6.36. The summed E-state index contributed by atoms with van der Waals surface area (Å²) in [5.74, 6) is 0. The number of hydrogen-bond acceptors (Lipinski definition) is 2. The Morgan fingerprint density at radius 1 is 1.06 bits per heavy atom. The van der Waals surface area contributed by atoms with Crippen LogP contribution in [0.1, 0.15) is 43.2 Å². The predicted molar refractivity (Wildman–Crippen MR) is 136 cm³/mol. The van der Waals surface area contributed by atoms with Gasteiger partial charge in [-0.1, -0.05) is 24.6 Å². The van der Waals surface area contributed by atoms with Gasteiger partial charge in [0, 0.05) is 40.9 Å². The van der Waals surface area contributed by atoms with Crippen molar-refractivity contribution in [1.82, 2.24) is 9.88 Å². The summed E-state index contributed by atoms with van der Waals surface area (Å²) in [7, 11) is 0. The molecule has 0 bridgehead atoms. The Morgan fingerprint density at radius 2 is 1.91 bits per heavy atom. The van der Waals surface area contributed by atoms with Crippen LogP contribution in [0.5, 0.6) is 0 Å². The summed E-state index contributed by atoms with van der Waals surface area (Å²) in [5, 5.41) is 6.93. The fraction of sp³-hybridized carbons (Fsp3) is 0.346. The van der Waals surface area contributed by atoms with Gasteiger partial charge in [-0.25, -0.2) is 0 Å². The van der Waals surface area contributed by atoms with Gasteiger partial charge in [0.05, 0.1) is 11.3 Å². The molecule has 1 fully saturated rings. The van der Waals surface area contributed by atoms with Crippen LogP contribution in [0.3, 0.4) is 0 Å². The number of H-pyrrole nitrogens is 1. The van der Waals surface area contributed by atoms with Crippen molar-refractivity contribution >= 4 is 45.2 Å². The molecule has 1 saturated heterocycles. The summed E-state index contributed by atoms with van der Waals surface area (Å²) in [6.07, 6.45) is 6.05. The zero-order valence-corrected chi connectivity index (χ0v) is 19.5. The van der Waals surface area contributed by atoms with Crippen molar-refractivity contribution in [3.63, 3.8) is 0 Å². The highest BCUT2D eigenvalue weighted by Crippen LogP contribution is 2.36. The third kappa shape index (κ3) is 4.83. The van der Waals surface area contributed by atoms with Gasteiger partial charge in [0.15, 0.2) is 5.11 Å². The summed E-state index contributed by atoms with van der Waals surface area (Å²) < 4.78 is 39.9. The van der Waals surface area contributed by atoms with E-state index in [0.717, 1.165) is 35.6 Å². The van der Waals surface area contributed by atoms with Crippen molar-refractivity contribution < 1.29 is 13.2 Å². The molecule has 0 spiro atoms. The number of halogens is 3. The first kappa shape index (κ1) is 22.9. The molecule has 0 radical (unpaired) electrons. The van der Waals surface area contributed by atoms with E-state index >= 15 is 0 Å². The van der Waals surface area contributed by atoms with Crippen molar-refractivity contribution in [1.29, 1.82) is 0 Å². The Labute approximate surface area is 202 Å². The molecule has 3 aromatic rings. The van der Waals surface area contributed by atoms with E-state index in [1.165, 1.54) is 55.5 Å². The average molecular weight is 485 g/mol. The molecule has 2 aliphatic rings. The van der Waals surface area contributed by atoms with Crippen molar-refractivity contribution in [2.24, 2.45) is 0 Å². The van der Waals surface area contributed by atoms with E-state index in [0.29, 0.717) is 6.04 Å². The number of rotatable bonds is 3. The number of hydrogen-bond donors (Lipinski definition) is 3. The summed E-state index contributed by atoms with van der Waals surface area (Å²) in [6.45, 7) is 2.16. The minimum absolute atomic E-state index is 0.0732. The van der Waals surface area contributed by atoms with E-state index in [2.05, 4.69) is 32.8 Å². The van der Waals surface area contributed by atoms with Crippen LogP contribution in [0.2, 0.25) is 0 Å². The van der Waals surface area contributed by atoms with Gasteiger partial charge in [-0.05, 0) is 80.4 Å². The highest BCUT2D eigenvalue weighted by molar-refractivity contribution is 7.80. The Balaban J connectivity index is 1.35. The lowest BCUT2D eigenvalue weighted by molar-refractivity contribution is -0.136. The molecule has 3 N–H and O–H groups in total. The number of nitrogens with one attached hydrogen (secondary N) is 3. The second kappa shape index (κ2) is 9.43. The van der Waals surface area contributed by atoms with Crippen LogP contribution < -0.4 is 10.6 Å². The van der Waals surface area contributed by atoms with Crippen LogP contribution in [-0.2, 0) is 6.18 Å². The second-order valence-electron chi connectivity index (χ2n) is 9.00. The molecular weight excluding hydrogens is 457 g/mol.